The third kappa shape index (κ3) is 4.88. The van der Waals surface area contributed by atoms with E-state index in [0.29, 0.717) is 11.8 Å². The van der Waals surface area contributed by atoms with Crippen LogP contribution in [0.4, 0.5) is 6.01 Å². The average molecular weight is 516 g/mol. The molecule has 39 heavy (non-hydrogen) atoms. The molecular weight excluding hydrogens is 486 g/mol. The zero-order valence-electron chi connectivity index (χ0n) is 22.0. The van der Waals surface area contributed by atoms with E-state index in [1.54, 1.807) is 6.20 Å². The molecule has 0 aliphatic heterocycles. The monoisotopic (exact) mass is 515 g/mol. The largest absolute Gasteiger partial charge is 0.423 e. The molecular formula is C31H29N7O. The molecule has 1 atom stereocenters. The summed E-state index contributed by atoms with van der Waals surface area (Å²) in [5.41, 5.74) is 7.70. The minimum Gasteiger partial charge on any atom is -0.423 e. The number of H-pyrrole nitrogens is 1. The second kappa shape index (κ2) is 10.9. The Labute approximate surface area is 226 Å². The average Bonchev–Trinajstić information content (AvgIpc) is 3.68. The number of unbranched alkanes of at least 4 members (excludes halogenated alkanes) is 1. The molecule has 194 valence electrons. The summed E-state index contributed by atoms with van der Waals surface area (Å²) in [6.45, 7) is 5.24. The number of hydrogen-bond donors (Lipinski definition) is 1. The highest BCUT2D eigenvalue weighted by Gasteiger charge is 2.23. The molecule has 0 amide bonds. The van der Waals surface area contributed by atoms with Gasteiger partial charge in [-0.1, -0.05) is 80.1 Å². The number of oxazole rings is 1. The fraction of sp³-hybridized carbons (Fsp3) is 0.194. The van der Waals surface area contributed by atoms with E-state index in [1.165, 1.54) is 5.56 Å². The summed E-state index contributed by atoms with van der Waals surface area (Å²) in [6.07, 6.45) is 3.91. The van der Waals surface area contributed by atoms with Crippen molar-refractivity contribution < 1.29 is 4.42 Å². The molecule has 0 saturated carbocycles. The third-order valence-corrected chi connectivity index (χ3v) is 7.03. The van der Waals surface area contributed by atoms with Crippen LogP contribution >= 0.6 is 0 Å². The number of rotatable bonds is 9. The molecule has 3 heterocycles. The van der Waals surface area contributed by atoms with E-state index in [1.807, 2.05) is 54.6 Å². The fourth-order valence-electron chi connectivity index (χ4n) is 4.90. The van der Waals surface area contributed by atoms with Crippen molar-refractivity contribution in [1.82, 2.24) is 30.6 Å². The number of nitrogens with zero attached hydrogens (tertiary/aromatic N) is 6. The van der Waals surface area contributed by atoms with Gasteiger partial charge in [-0.3, -0.25) is 4.98 Å². The second-order valence-corrected chi connectivity index (χ2v) is 9.49. The van der Waals surface area contributed by atoms with E-state index in [-0.39, 0.29) is 6.04 Å². The maximum absolute atomic E-state index is 6.35. The molecule has 0 aliphatic rings. The van der Waals surface area contributed by atoms with E-state index >= 15 is 0 Å². The van der Waals surface area contributed by atoms with Gasteiger partial charge < -0.3 is 9.32 Å². The topological polar surface area (TPSA) is 96.6 Å². The van der Waals surface area contributed by atoms with E-state index in [0.717, 1.165) is 58.4 Å². The molecule has 8 nitrogen and oxygen atoms in total. The number of tetrazole rings is 1. The normalized spacial score (nSPS) is 12.1. The van der Waals surface area contributed by atoms with Crippen molar-refractivity contribution in [3.63, 3.8) is 0 Å². The molecule has 3 aromatic carbocycles. The van der Waals surface area contributed by atoms with Crippen molar-refractivity contribution in [3.05, 3.63) is 96.7 Å². The number of benzene rings is 3. The predicted octanol–water partition coefficient (Wildman–Crippen LogP) is 7.10. The van der Waals surface area contributed by atoms with Crippen LogP contribution in [0, 0.1) is 0 Å². The van der Waals surface area contributed by atoms with Gasteiger partial charge in [-0.15, -0.1) is 10.2 Å². The first-order chi connectivity index (χ1) is 19.2. The van der Waals surface area contributed by atoms with Crippen LogP contribution in [0.15, 0.2) is 95.5 Å². The molecule has 0 aliphatic carbocycles. The zero-order chi connectivity index (χ0) is 26.6. The van der Waals surface area contributed by atoms with Gasteiger partial charge in [0.15, 0.2) is 5.58 Å². The van der Waals surface area contributed by atoms with Gasteiger partial charge in [0.05, 0.1) is 11.7 Å². The van der Waals surface area contributed by atoms with E-state index in [9.17, 15) is 0 Å². The smallest absolute Gasteiger partial charge is 0.298 e. The van der Waals surface area contributed by atoms with E-state index in [2.05, 4.69) is 74.7 Å². The molecule has 0 bridgehead atoms. The predicted molar refractivity (Wildman–Crippen MR) is 153 cm³/mol. The number of para-hydroxylation sites is 1. The van der Waals surface area contributed by atoms with E-state index in [4.69, 9.17) is 9.40 Å². The molecule has 6 aromatic rings. The number of aromatic amines is 1. The van der Waals surface area contributed by atoms with Crippen LogP contribution in [0.2, 0.25) is 0 Å². The first kappa shape index (κ1) is 24.5. The van der Waals surface area contributed by atoms with E-state index < -0.39 is 0 Å². The standard InChI is InChI=1S/C31H29N7O/c1-3-4-20-38(31-33-29-26(12-9-14-28(29)39-31)27-13-7-8-19-32-27)21(2)22-15-17-23(18-16-22)24-10-5-6-11-25(24)30-34-36-37-35-30/h5-19,21H,3-4,20H2,1-2H3,(H,34,35,36,37)/t21-/m1/s1. The molecule has 0 unspecified atom stereocenters. The minimum absolute atomic E-state index is 0.0596. The lowest BCUT2D eigenvalue weighted by Crippen LogP contribution is -2.28. The summed E-state index contributed by atoms with van der Waals surface area (Å²) in [5.74, 6) is 0.579. The Hall–Kier alpha value is -4.85. The molecule has 0 saturated heterocycles. The molecule has 1 N–H and O–H groups in total. The Morgan fingerprint density at radius 3 is 2.41 bits per heavy atom. The quantitative estimate of drug-likeness (QED) is 0.219. The lowest BCUT2D eigenvalue weighted by Gasteiger charge is -2.28. The van der Waals surface area contributed by atoms with Crippen molar-refractivity contribution in [3.8, 4) is 33.8 Å². The van der Waals surface area contributed by atoms with Crippen molar-refractivity contribution in [1.29, 1.82) is 0 Å². The number of hydrogen-bond acceptors (Lipinski definition) is 7. The van der Waals surface area contributed by atoms with Gasteiger partial charge in [0.2, 0.25) is 5.82 Å². The van der Waals surface area contributed by atoms with Crippen molar-refractivity contribution in [2.24, 2.45) is 0 Å². The summed E-state index contributed by atoms with van der Waals surface area (Å²) < 4.78 is 6.35. The summed E-state index contributed by atoms with van der Waals surface area (Å²) in [4.78, 5) is 11.8. The van der Waals surface area contributed by atoms with Gasteiger partial charge in [0.1, 0.15) is 5.52 Å². The van der Waals surface area contributed by atoms with Crippen LogP contribution in [0.3, 0.4) is 0 Å². The summed E-state index contributed by atoms with van der Waals surface area (Å²) in [5, 5.41) is 14.6. The Balaban J connectivity index is 1.33. The highest BCUT2D eigenvalue weighted by atomic mass is 16.4. The Kier molecular flexibility index (Phi) is 6.82. The Morgan fingerprint density at radius 2 is 1.67 bits per heavy atom. The highest BCUT2D eigenvalue weighted by molar-refractivity contribution is 5.90. The number of pyridine rings is 1. The highest BCUT2D eigenvalue weighted by Crippen LogP contribution is 2.35. The Morgan fingerprint density at radius 1 is 0.872 bits per heavy atom. The van der Waals surface area contributed by atoms with Gasteiger partial charge in [0.25, 0.3) is 6.01 Å². The SMILES string of the molecule is CCCCN(c1nc2c(-c3ccccn3)cccc2o1)[C@H](C)c1ccc(-c2ccccc2-c2nn[nH]n2)cc1. The third-order valence-electron chi connectivity index (χ3n) is 7.03. The number of fused-ring (bicyclic) bond motifs is 1. The zero-order valence-corrected chi connectivity index (χ0v) is 22.0. The summed E-state index contributed by atoms with van der Waals surface area (Å²) >= 11 is 0. The number of aromatic nitrogens is 6. The van der Waals surface area contributed by atoms with Crippen molar-refractivity contribution >= 4 is 17.1 Å². The van der Waals surface area contributed by atoms with Crippen molar-refractivity contribution in [2.45, 2.75) is 32.7 Å². The molecule has 0 spiro atoms. The minimum atomic E-state index is 0.0596. The van der Waals surface area contributed by atoms with Crippen molar-refractivity contribution in [2.75, 3.05) is 11.4 Å². The van der Waals surface area contributed by atoms with Crippen LogP contribution in [0.25, 0.3) is 44.9 Å². The first-order valence-electron chi connectivity index (χ1n) is 13.2. The Bertz CT molecular complexity index is 1660. The van der Waals surface area contributed by atoms with Gasteiger partial charge in [-0.2, -0.15) is 10.2 Å². The van der Waals surface area contributed by atoms with Crippen LogP contribution in [-0.2, 0) is 0 Å². The van der Waals surface area contributed by atoms with Gasteiger partial charge in [-0.05, 0) is 53.4 Å². The molecule has 8 heteroatoms. The van der Waals surface area contributed by atoms with Crippen LogP contribution in [0.1, 0.15) is 38.3 Å². The molecule has 6 rings (SSSR count). The second-order valence-electron chi connectivity index (χ2n) is 9.49. The molecule has 0 fully saturated rings. The molecule has 3 aromatic heterocycles. The summed E-state index contributed by atoms with van der Waals surface area (Å²) in [6, 6.07) is 29.3. The summed E-state index contributed by atoms with van der Waals surface area (Å²) in [7, 11) is 0. The van der Waals surface area contributed by atoms with Crippen LogP contribution < -0.4 is 4.90 Å². The molecule has 0 radical (unpaired) electrons. The van der Waals surface area contributed by atoms with Crippen LogP contribution in [0.5, 0.6) is 0 Å². The van der Waals surface area contributed by atoms with Gasteiger partial charge >= 0.3 is 0 Å². The maximum atomic E-state index is 6.35. The first-order valence-corrected chi connectivity index (χ1v) is 13.2. The number of nitrogens with one attached hydrogen (secondary N) is 1. The maximum Gasteiger partial charge on any atom is 0.298 e. The lowest BCUT2D eigenvalue weighted by atomic mass is 9.97. The number of anilines is 1. The van der Waals surface area contributed by atoms with Gasteiger partial charge in [-0.25, -0.2) is 0 Å². The fourth-order valence-corrected chi connectivity index (χ4v) is 4.90. The van der Waals surface area contributed by atoms with Crippen LogP contribution in [-0.4, -0.2) is 37.1 Å². The lowest BCUT2D eigenvalue weighted by molar-refractivity contribution is 0.524. The van der Waals surface area contributed by atoms with Gasteiger partial charge in [0, 0.05) is 23.9 Å².